The standard InChI is InChI=1S/C35H31NO/c1-25-4-12-29(13-5-25)35(30-14-22-34(37)23-15-30)24-28-10-20-33(21-11-28)36(31-16-6-26(2)7-17-31)32-18-8-27(3)9-19-32/h4-24,37H,1-3H3. The first-order valence-electron chi connectivity index (χ1n) is 12.6. The Balaban J connectivity index is 1.55. The minimum atomic E-state index is 0.267. The molecular formula is C35H31NO. The van der Waals surface area contributed by atoms with Gasteiger partial charge in [0.1, 0.15) is 5.75 Å². The van der Waals surface area contributed by atoms with Crippen LogP contribution in [-0.2, 0) is 0 Å². The predicted octanol–water partition coefficient (Wildman–Crippen LogP) is 9.38. The monoisotopic (exact) mass is 481 g/mol. The lowest BCUT2D eigenvalue weighted by Crippen LogP contribution is -2.09. The van der Waals surface area contributed by atoms with Crippen molar-refractivity contribution in [2.45, 2.75) is 20.8 Å². The fraction of sp³-hybridized carbons (Fsp3) is 0.0857. The van der Waals surface area contributed by atoms with Crippen LogP contribution in [0, 0.1) is 20.8 Å². The highest BCUT2D eigenvalue weighted by molar-refractivity contribution is 5.92. The second-order valence-corrected chi connectivity index (χ2v) is 9.57. The normalized spacial score (nSPS) is 11.4. The lowest BCUT2D eigenvalue weighted by atomic mass is 9.95. The summed E-state index contributed by atoms with van der Waals surface area (Å²) >= 11 is 0. The Morgan fingerprint density at radius 1 is 0.486 bits per heavy atom. The minimum absolute atomic E-state index is 0.267. The van der Waals surface area contributed by atoms with Crippen LogP contribution in [0.15, 0.2) is 121 Å². The van der Waals surface area contributed by atoms with Gasteiger partial charge in [-0.05, 0) is 97.6 Å². The van der Waals surface area contributed by atoms with E-state index in [1.165, 1.54) is 16.7 Å². The second-order valence-electron chi connectivity index (χ2n) is 9.57. The van der Waals surface area contributed by atoms with Crippen molar-refractivity contribution in [3.63, 3.8) is 0 Å². The van der Waals surface area contributed by atoms with Crippen molar-refractivity contribution in [2.75, 3.05) is 4.90 Å². The molecule has 0 heterocycles. The van der Waals surface area contributed by atoms with Crippen molar-refractivity contribution in [3.8, 4) is 5.75 Å². The molecule has 37 heavy (non-hydrogen) atoms. The lowest BCUT2D eigenvalue weighted by molar-refractivity contribution is 0.475. The number of nitrogens with zero attached hydrogens (tertiary/aromatic N) is 1. The molecule has 182 valence electrons. The summed E-state index contributed by atoms with van der Waals surface area (Å²) in [5, 5.41) is 9.81. The Kier molecular flexibility index (Phi) is 6.91. The van der Waals surface area contributed by atoms with Gasteiger partial charge in [0.05, 0.1) is 0 Å². The van der Waals surface area contributed by atoms with Gasteiger partial charge in [0.2, 0.25) is 0 Å². The summed E-state index contributed by atoms with van der Waals surface area (Å²) in [6.45, 7) is 6.32. The molecule has 0 bridgehead atoms. The van der Waals surface area contributed by atoms with Crippen molar-refractivity contribution in [3.05, 3.63) is 155 Å². The first-order chi connectivity index (χ1) is 18.0. The summed E-state index contributed by atoms with van der Waals surface area (Å²) in [7, 11) is 0. The first kappa shape index (κ1) is 24.1. The van der Waals surface area contributed by atoms with Crippen LogP contribution in [0.2, 0.25) is 0 Å². The van der Waals surface area contributed by atoms with Crippen LogP contribution in [0.1, 0.15) is 33.4 Å². The Hall–Kier alpha value is -4.56. The van der Waals surface area contributed by atoms with E-state index in [0.29, 0.717) is 0 Å². The molecule has 0 unspecified atom stereocenters. The summed E-state index contributed by atoms with van der Waals surface area (Å²) in [5.74, 6) is 0.267. The third kappa shape index (κ3) is 5.65. The van der Waals surface area contributed by atoms with E-state index in [1.54, 1.807) is 12.1 Å². The van der Waals surface area contributed by atoms with Gasteiger partial charge in [-0.1, -0.05) is 89.5 Å². The molecule has 5 aromatic rings. The van der Waals surface area contributed by atoms with Crippen LogP contribution >= 0.6 is 0 Å². The Morgan fingerprint density at radius 3 is 1.27 bits per heavy atom. The maximum absolute atomic E-state index is 9.81. The molecule has 0 aliphatic heterocycles. The van der Waals surface area contributed by atoms with Gasteiger partial charge in [-0.25, -0.2) is 0 Å². The van der Waals surface area contributed by atoms with Gasteiger partial charge in [-0.2, -0.15) is 0 Å². The Labute approximate surface area is 219 Å². The first-order valence-corrected chi connectivity index (χ1v) is 12.6. The van der Waals surface area contributed by atoms with Gasteiger partial charge in [0.15, 0.2) is 0 Å². The minimum Gasteiger partial charge on any atom is -0.508 e. The number of phenolic OH excluding ortho intramolecular Hbond substituents is 1. The van der Waals surface area contributed by atoms with E-state index >= 15 is 0 Å². The number of anilines is 3. The number of hydrogen-bond acceptors (Lipinski definition) is 2. The molecule has 1 N–H and O–H groups in total. The summed E-state index contributed by atoms with van der Waals surface area (Å²) in [4.78, 5) is 2.28. The van der Waals surface area contributed by atoms with Gasteiger partial charge in [-0.15, -0.1) is 0 Å². The van der Waals surface area contributed by atoms with Crippen molar-refractivity contribution in [1.82, 2.24) is 0 Å². The smallest absolute Gasteiger partial charge is 0.115 e. The molecule has 0 aliphatic carbocycles. The van der Waals surface area contributed by atoms with E-state index < -0.39 is 0 Å². The fourth-order valence-electron chi connectivity index (χ4n) is 4.43. The van der Waals surface area contributed by atoms with Crippen molar-refractivity contribution in [2.24, 2.45) is 0 Å². The van der Waals surface area contributed by atoms with Crippen LogP contribution in [0.4, 0.5) is 17.1 Å². The number of rotatable bonds is 6. The van der Waals surface area contributed by atoms with E-state index in [1.807, 2.05) is 12.1 Å². The molecule has 0 spiro atoms. The Bertz CT molecular complexity index is 1400. The molecule has 5 rings (SSSR count). The van der Waals surface area contributed by atoms with E-state index in [0.717, 1.165) is 39.3 Å². The topological polar surface area (TPSA) is 23.5 Å². The zero-order valence-corrected chi connectivity index (χ0v) is 21.5. The summed E-state index contributed by atoms with van der Waals surface area (Å²) in [6, 6.07) is 41.9. The van der Waals surface area contributed by atoms with Crippen molar-refractivity contribution < 1.29 is 5.11 Å². The third-order valence-corrected chi connectivity index (χ3v) is 6.59. The molecule has 0 radical (unpaired) electrons. The van der Waals surface area contributed by atoms with Crippen LogP contribution < -0.4 is 4.90 Å². The molecule has 2 heteroatoms. The molecule has 0 saturated heterocycles. The summed E-state index contributed by atoms with van der Waals surface area (Å²) in [5.41, 5.74) is 11.5. The van der Waals surface area contributed by atoms with Gasteiger partial charge < -0.3 is 10.0 Å². The van der Waals surface area contributed by atoms with Gasteiger partial charge in [-0.3, -0.25) is 0 Å². The average molecular weight is 482 g/mol. The third-order valence-electron chi connectivity index (χ3n) is 6.59. The molecule has 2 nitrogen and oxygen atoms in total. The molecular weight excluding hydrogens is 450 g/mol. The van der Waals surface area contributed by atoms with Crippen LogP contribution in [0.3, 0.4) is 0 Å². The van der Waals surface area contributed by atoms with Crippen molar-refractivity contribution >= 4 is 28.7 Å². The largest absolute Gasteiger partial charge is 0.508 e. The zero-order valence-electron chi connectivity index (χ0n) is 21.5. The van der Waals surface area contributed by atoms with E-state index in [9.17, 15) is 5.11 Å². The Morgan fingerprint density at radius 2 is 0.838 bits per heavy atom. The van der Waals surface area contributed by atoms with Crippen molar-refractivity contribution in [1.29, 1.82) is 0 Å². The summed E-state index contributed by atoms with van der Waals surface area (Å²) < 4.78 is 0. The maximum Gasteiger partial charge on any atom is 0.115 e. The number of benzene rings is 5. The SMILES string of the molecule is Cc1ccc(C(=Cc2ccc(N(c3ccc(C)cc3)c3ccc(C)cc3)cc2)c2ccc(O)cc2)cc1. The number of phenols is 1. The number of aromatic hydroxyl groups is 1. The quantitative estimate of drug-likeness (QED) is 0.244. The molecule has 0 atom stereocenters. The molecule has 0 aliphatic rings. The van der Waals surface area contributed by atoms with Gasteiger partial charge in [0.25, 0.3) is 0 Å². The van der Waals surface area contributed by atoms with Crippen LogP contribution in [-0.4, -0.2) is 5.11 Å². The van der Waals surface area contributed by atoms with E-state index in [-0.39, 0.29) is 5.75 Å². The highest BCUT2D eigenvalue weighted by atomic mass is 16.3. The van der Waals surface area contributed by atoms with Crippen LogP contribution in [0.5, 0.6) is 5.75 Å². The summed E-state index contributed by atoms with van der Waals surface area (Å²) in [6.07, 6.45) is 2.21. The molecule has 0 fully saturated rings. The maximum atomic E-state index is 9.81. The molecule has 0 amide bonds. The average Bonchev–Trinajstić information content (AvgIpc) is 2.92. The van der Waals surface area contributed by atoms with Gasteiger partial charge in [0, 0.05) is 17.1 Å². The molecule has 0 aromatic heterocycles. The molecule has 0 saturated carbocycles. The molecule has 5 aromatic carbocycles. The predicted molar refractivity (Wildman–Crippen MR) is 157 cm³/mol. The van der Waals surface area contributed by atoms with Gasteiger partial charge >= 0.3 is 0 Å². The fourth-order valence-corrected chi connectivity index (χ4v) is 4.43. The van der Waals surface area contributed by atoms with Crippen LogP contribution in [0.25, 0.3) is 11.6 Å². The highest BCUT2D eigenvalue weighted by Gasteiger charge is 2.13. The highest BCUT2D eigenvalue weighted by Crippen LogP contribution is 2.35. The lowest BCUT2D eigenvalue weighted by Gasteiger charge is -2.26. The number of aryl methyl sites for hydroxylation is 3. The second kappa shape index (κ2) is 10.6. The zero-order chi connectivity index (χ0) is 25.8. The van der Waals surface area contributed by atoms with E-state index in [2.05, 4.69) is 129 Å². The van der Waals surface area contributed by atoms with E-state index in [4.69, 9.17) is 0 Å². The number of hydrogen-bond donors (Lipinski definition) is 1.